The monoisotopic (exact) mass is 387 g/mol. The van der Waals surface area contributed by atoms with E-state index in [0.717, 1.165) is 8.56 Å². The first-order valence-electron chi connectivity index (χ1n) is 4.56. The Kier molecular flexibility index (Phi) is 4.33. The highest BCUT2D eigenvalue weighted by Gasteiger charge is 2.24. The van der Waals surface area contributed by atoms with Crippen molar-refractivity contribution in [2.24, 2.45) is 0 Å². The minimum atomic E-state index is -1.64. The third-order valence-corrected chi connectivity index (χ3v) is 3.72. The van der Waals surface area contributed by atoms with Crippen molar-refractivity contribution in [1.29, 1.82) is 0 Å². The summed E-state index contributed by atoms with van der Waals surface area (Å²) in [6, 6.07) is 7.19. The summed E-state index contributed by atoms with van der Waals surface area (Å²) >= 11 is 20.8. The van der Waals surface area contributed by atoms with Gasteiger partial charge in [-0.3, -0.25) is 0 Å². The Bertz CT molecular complexity index is 605. The van der Waals surface area contributed by atoms with Gasteiger partial charge >= 0.3 is 5.69 Å². The van der Waals surface area contributed by atoms with Crippen molar-refractivity contribution in [3.63, 3.8) is 0 Å². The zero-order chi connectivity index (χ0) is 13.3. The number of hydrogen-bond donors (Lipinski definition) is 0. The predicted octanol–water partition coefficient (Wildman–Crippen LogP) is 3.62. The van der Waals surface area contributed by atoms with Gasteiger partial charge in [0.2, 0.25) is 0 Å². The van der Waals surface area contributed by atoms with E-state index in [1.807, 2.05) is 12.1 Å². The second-order valence-corrected chi connectivity index (χ2v) is 8.18. The van der Waals surface area contributed by atoms with Gasteiger partial charge in [-0.1, -0.05) is 50.7 Å². The molecule has 9 heteroatoms. The maximum Gasteiger partial charge on any atom is 0.361 e. The fourth-order valence-electron chi connectivity index (χ4n) is 1.23. The molecule has 0 bridgehead atoms. The highest BCUT2D eigenvalue weighted by molar-refractivity contribution is 9.10. The van der Waals surface area contributed by atoms with Crippen LogP contribution in [-0.4, -0.2) is 16.9 Å². The largest absolute Gasteiger partial charge is 0.361 e. The Hall–Kier alpha value is -0.140. The predicted molar refractivity (Wildman–Crippen MR) is 78.8 cm³/mol. The second kappa shape index (κ2) is 5.46. The van der Waals surface area contributed by atoms with E-state index in [1.54, 1.807) is 12.1 Å². The summed E-state index contributed by atoms with van der Waals surface area (Å²) in [5.74, 6) is 0. The molecule has 0 N–H and O–H groups in total. The van der Waals surface area contributed by atoms with Gasteiger partial charge in [-0.15, -0.1) is 9.19 Å². The van der Waals surface area contributed by atoms with E-state index in [1.165, 1.54) is 10.9 Å². The summed E-state index contributed by atoms with van der Waals surface area (Å²) in [7, 11) is 0. The topological polar surface area (TPSA) is 39.8 Å². The van der Waals surface area contributed by atoms with Gasteiger partial charge in [-0.05, 0) is 24.3 Å². The maximum atomic E-state index is 12.0. The summed E-state index contributed by atoms with van der Waals surface area (Å²) in [5.41, 5.74) is 0.285. The molecule has 0 atom stereocenters. The molecular formula is C9H5BrCl3N3OS. The van der Waals surface area contributed by atoms with E-state index >= 15 is 0 Å². The Morgan fingerprint density at radius 3 is 2.39 bits per heavy atom. The summed E-state index contributed by atoms with van der Waals surface area (Å²) in [6.45, 7) is 0. The van der Waals surface area contributed by atoms with Crippen molar-refractivity contribution >= 4 is 62.7 Å². The Labute approximate surface area is 130 Å². The highest BCUT2D eigenvalue weighted by Crippen LogP contribution is 2.38. The van der Waals surface area contributed by atoms with Crippen molar-refractivity contribution in [3.05, 3.63) is 45.5 Å². The van der Waals surface area contributed by atoms with Crippen molar-refractivity contribution in [2.45, 2.75) is 3.12 Å². The molecule has 0 amide bonds. The quantitative estimate of drug-likeness (QED) is 0.737. The van der Waals surface area contributed by atoms with Crippen LogP contribution in [0.25, 0.3) is 5.69 Å². The first kappa shape index (κ1) is 14.3. The van der Waals surface area contributed by atoms with E-state index in [0.29, 0.717) is 17.6 Å². The van der Waals surface area contributed by atoms with Gasteiger partial charge in [0.05, 0.1) is 5.69 Å². The Balaban J connectivity index is 2.37. The third-order valence-electron chi connectivity index (χ3n) is 1.94. The number of benzene rings is 1. The molecule has 0 spiro atoms. The van der Waals surface area contributed by atoms with Crippen LogP contribution in [-0.2, 0) is 0 Å². The van der Waals surface area contributed by atoms with Gasteiger partial charge in [-0.25, -0.2) is 9.36 Å². The van der Waals surface area contributed by atoms with E-state index in [-0.39, 0.29) is 0 Å². The molecule has 2 aromatic rings. The fraction of sp³-hybridized carbons (Fsp3) is 0.111. The number of aromatic nitrogens is 3. The van der Waals surface area contributed by atoms with E-state index in [9.17, 15) is 4.79 Å². The number of nitrogens with zero attached hydrogens (tertiary/aromatic N) is 3. The lowest BCUT2D eigenvalue weighted by molar-refractivity contribution is 0.936. The summed E-state index contributed by atoms with van der Waals surface area (Å²) in [5, 5.41) is 3.86. The van der Waals surface area contributed by atoms with Gasteiger partial charge in [-0.2, -0.15) is 0 Å². The first-order valence-corrected chi connectivity index (χ1v) is 7.26. The van der Waals surface area contributed by atoms with Crippen molar-refractivity contribution in [3.8, 4) is 5.69 Å². The molecule has 0 saturated heterocycles. The molecule has 0 radical (unpaired) electrons. The Morgan fingerprint density at radius 2 is 1.83 bits per heavy atom. The van der Waals surface area contributed by atoms with Gasteiger partial charge in [0.15, 0.2) is 0 Å². The van der Waals surface area contributed by atoms with Crippen LogP contribution >= 0.6 is 62.7 Å². The zero-order valence-corrected chi connectivity index (χ0v) is 13.2. The maximum absolute atomic E-state index is 12.0. The van der Waals surface area contributed by atoms with Crippen LogP contribution in [0.1, 0.15) is 0 Å². The fourth-order valence-corrected chi connectivity index (χ4v) is 2.53. The lowest BCUT2D eigenvalue weighted by Crippen LogP contribution is -2.22. The third kappa shape index (κ3) is 3.45. The average Bonchev–Trinajstić information content (AvgIpc) is 2.60. The molecule has 0 aliphatic heterocycles. The van der Waals surface area contributed by atoms with Crippen LogP contribution in [0.5, 0.6) is 0 Å². The summed E-state index contributed by atoms with van der Waals surface area (Å²) < 4.78 is 1.66. The van der Waals surface area contributed by atoms with Gasteiger partial charge in [0.25, 0.3) is 3.12 Å². The minimum absolute atomic E-state index is 0.395. The van der Waals surface area contributed by atoms with Gasteiger partial charge < -0.3 is 0 Å². The molecule has 0 unspecified atom stereocenters. The van der Waals surface area contributed by atoms with Crippen LogP contribution in [0.2, 0.25) is 0 Å². The molecule has 2 rings (SSSR count). The van der Waals surface area contributed by atoms with Crippen molar-refractivity contribution < 1.29 is 0 Å². The number of alkyl halides is 3. The SMILES string of the molecule is O=c1n(-c2ccc(Br)cc2)cnn1SC(Cl)(Cl)Cl. The normalized spacial score (nSPS) is 11.8. The van der Waals surface area contributed by atoms with Crippen LogP contribution in [0.15, 0.2) is 39.9 Å². The molecule has 1 aromatic heterocycles. The van der Waals surface area contributed by atoms with Crippen molar-refractivity contribution in [1.82, 2.24) is 13.8 Å². The van der Waals surface area contributed by atoms with Crippen LogP contribution in [0.4, 0.5) is 0 Å². The lowest BCUT2D eigenvalue weighted by atomic mass is 10.3. The molecule has 0 fully saturated rings. The number of rotatable bonds is 2. The molecule has 1 aromatic carbocycles. The van der Waals surface area contributed by atoms with Crippen LogP contribution < -0.4 is 5.69 Å². The standard InChI is InChI=1S/C9H5BrCl3N3OS/c10-6-1-3-7(4-2-6)15-5-14-16(8(15)17)18-9(11,12)13/h1-5H. The van der Waals surface area contributed by atoms with E-state index in [2.05, 4.69) is 21.0 Å². The lowest BCUT2D eigenvalue weighted by Gasteiger charge is -2.07. The zero-order valence-electron chi connectivity index (χ0n) is 8.56. The summed E-state index contributed by atoms with van der Waals surface area (Å²) in [6.07, 6.45) is 1.37. The smallest absolute Gasteiger partial charge is 0.249 e. The molecule has 0 aliphatic carbocycles. The molecule has 0 aliphatic rings. The van der Waals surface area contributed by atoms with E-state index in [4.69, 9.17) is 34.8 Å². The first-order chi connectivity index (χ1) is 8.37. The molecular weight excluding hydrogens is 384 g/mol. The van der Waals surface area contributed by atoms with Crippen molar-refractivity contribution in [2.75, 3.05) is 0 Å². The molecule has 4 nitrogen and oxygen atoms in total. The van der Waals surface area contributed by atoms with E-state index < -0.39 is 8.81 Å². The average molecular weight is 389 g/mol. The van der Waals surface area contributed by atoms with Crippen LogP contribution in [0.3, 0.4) is 0 Å². The highest BCUT2D eigenvalue weighted by atomic mass is 79.9. The second-order valence-electron chi connectivity index (χ2n) is 3.17. The van der Waals surface area contributed by atoms with Gasteiger partial charge in [0.1, 0.15) is 6.33 Å². The van der Waals surface area contributed by atoms with Gasteiger partial charge in [0, 0.05) is 16.4 Å². The molecule has 1 heterocycles. The summed E-state index contributed by atoms with van der Waals surface area (Å²) in [4.78, 5) is 12.0. The Morgan fingerprint density at radius 1 is 1.22 bits per heavy atom. The number of halogens is 4. The molecule has 96 valence electrons. The molecule has 0 saturated carbocycles. The minimum Gasteiger partial charge on any atom is -0.249 e. The number of hydrogen-bond acceptors (Lipinski definition) is 3. The van der Waals surface area contributed by atoms with Crippen LogP contribution in [0, 0.1) is 0 Å². The molecule has 18 heavy (non-hydrogen) atoms.